The maximum Gasteiger partial charge on any atom is 0.273 e. The minimum absolute atomic E-state index is 0.0546. The summed E-state index contributed by atoms with van der Waals surface area (Å²) in [5, 5.41) is 16.9. The van der Waals surface area contributed by atoms with Gasteiger partial charge < -0.3 is 10.6 Å². The maximum absolute atomic E-state index is 12.9. The van der Waals surface area contributed by atoms with Crippen molar-refractivity contribution in [1.29, 1.82) is 0 Å². The van der Waals surface area contributed by atoms with Crippen molar-refractivity contribution in [2.24, 2.45) is 0 Å². The molecule has 2 aromatic rings. The molecule has 1 amide bonds. The number of nitro benzene ring substituents is 1. The lowest BCUT2D eigenvalue weighted by atomic mass is 10.1. The number of nitro groups is 1. The number of nitrogens with zero attached hydrogens (tertiary/aromatic N) is 2. The minimum atomic E-state index is -3.72. The Kier molecular flexibility index (Phi) is 7.52. The van der Waals surface area contributed by atoms with E-state index in [-0.39, 0.29) is 27.4 Å². The smallest absolute Gasteiger partial charge is 0.273 e. The molecule has 0 unspecified atom stereocenters. The normalized spacial score (nSPS) is 11.4. The first kappa shape index (κ1) is 23.3. The third kappa shape index (κ3) is 4.77. The first-order valence-electron chi connectivity index (χ1n) is 9.60. The molecule has 9 nitrogen and oxygen atoms in total. The number of benzene rings is 2. The monoisotopic (exact) mass is 434 g/mol. The van der Waals surface area contributed by atoms with E-state index < -0.39 is 20.9 Å². The number of hydrogen-bond donors (Lipinski definition) is 2. The van der Waals surface area contributed by atoms with Crippen molar-refractivity contribution in [3.63, 3.8) is 0 Å². The van der Waals surface area contributed by atoms with Gasteiger partial charge in [0.2, 0.25) is 10.0 Å². The first-order chi connectivity index (χ1) is 14.2. The molecule has 2 aromatic carbocycles. The minimum Gasteiger partial charge on any atom is -0.384 e. The summed E-state index contributed by atoms with van der Waals surface area (Å²) >= 11 is 0. The van der Waals surface area contributed by atoms with Crippen LogP contribution in [0.4, 0.5) is 17.1 Å². The Labute approximate surface area is 176 Å². The summed E-state index contributed by atoms with van der Waals surface area (Å²) in [6.07, 6.45) is 0. The molecule has 0 bridgehead atoms. The molecule has 0 fully saturated rings. The van der Waals surface area contributed by atoms with E-state index in [2.05, 4.69) is 10.6 Å². The molecule has 2 rings (SSSR count). The summed E-state index contributed by atoms with van der Waals surface area (Å²) in [6.45, 7) is 8.08. The second kappa shape index (κ2) is 9.68. The van der Waals surface area contributed by atoms with Crippen molar-refractivity contribution in [3.8, 4) is 0 Å². The molecule has 0 aliphatic carbocycles. The molecule has 0 atom stereocenters. The molecular formula is C20H26N4O5S. The van der Waals surface area contributed by atoms with Crippen LogP contribution in [0.1, 0.15) is 36.7 Å². The van der Waals surface area contributed by atoms with Gasteiger partial charge in [-0.05, 0) is 38.1 Å². The van der Waals surface area contributed by atoms with E-state index in [4.69, 9.17) is 0 Å². The highest BCUT2D eigenvalue weighted by atomic mass is 32.2. The molecule has 0 aromatic heterocycles. The zero-order valence-corrected chi connectivity index (χ0v) is 18.2. The van der Waals surface area contributed by atoms with Gasteiger partial charge in [0.1, 0.15) is 0 Å². The summed E-state index contributed by atoms with van der Waals surface area (Å²) in [4.78, 5) is 23.5. The predicted octanol–water partition coefficient (Wildman–Crippen LogP) is 3.62. The van der Waals surface area contributed by atoms with Gasteiger partial charge in [0.25, 0.3) is 11.6 Å². The number of carbonyl (C=O) groups is 1. The maximum atomic E-state index is 12.9. The molecule has 30 heavy (non-hydrogen) atoms. The fraction of sp³-hybridized carbons (Fsp3) is 0.350. The van der Waals surface area contributed by atoms with E-state index in [9.17, 15) is 23.3 Å². The number of carbonyl (C=O) groups excluding carboxylic acids is 1. The predicted molar refractivity (Wildman–Crippen MR) is 116 cm³/mol. The first-order valence-corrected chi connectivity index (χ1v) is 11.0. The largest absolute Gasteiger partial charge is 0.384 e. The van der Waals surface area contributed by atoms with Gasteiger partial charge in [-0.3, -0.25) is 14.9 Å². The number of rotatable bonds is 9. The number of nitrogens with one attached hydrogen (secondary N) is 2. The number of amides is 1. The summed E-state index contributed by atoms with van der Waals surface area (Å²) in [6, 6.07) is 8.73. The van der Waals surface area contributed by atoms with Gasteiger partial charge in [0, 0.05) is 36.8 Å². The van der Waals surface area contributed by atoms with Crippen LogP contribution in [-0.2, 0) is 10.0 Å². The van der Waals surface area contributed by atoms with Crippen LogP contribution in [0.25, 0.3) is 0 Å². The van der Waals surface area contributed by atoms with E-state index >= 15 is 0 Å². The molecule has 2 N–H and O–H groups in total. The van der Waals surface area contributed by atoms with Gasteiger partial charge in [0.15, 0.2) is 0 Å². The van der Waals surface area contributed by atoms with Gasteiger partial charge >= 0.3 is 0 Å². The van der Waals surface area contributed by atoms with Gasteiger partial charge in [-0.2, -0.15) is 4.31 Å². The molecule has 0 aliphatic rings. The van der Waals surface area contributed by atoms with E-state index in [1.807, 2.05) is 6.92 Å². The third-order valence-electron chi connectivity index (χ3n) is 4.70. The second-order valence-electron chi connectivity index (χ2n) is 6.49. The highest BCUT2D eigenvalue weighted by Gasteiger charge is 2.24. The van der Waals surface area contributed by atoms with Crippen LogP contribution in [0.5, 0.6) is 0 Å². The van der Waals surface area contributed by atoms with Crippen LogP contribution in [0.15, 0.2) is 41.3 Å². The van der Waals surface area contributed by atoms with Crippen LogP contribution >= 0.6 is 0 Å². The summed E-state index contributed by atoms with van der Waals surface area (Å²) in [5.74, 6) is -0.562. The van der Waals surface area contributed by atoms with E-state index in [1.165, 1.54) is 41.6 Å². The van der Waals surface area contributed by atoms with Crippen LogP contribution in [0, 0.1) is 17.0 Å². The fourth-order valence-corrected chi connectivity index (χ4v) is 4.59. The fourth-order valence-electron chi connectivity index (χ4n) is 3.10. The number of anilines is 2. The molecule has 0 saturated carbocycles. The average molecular weight is 435 g/mol. The SMILES string of the molecule is CCNc1ccc(S(=O)(=O)N(CC)CC)cc1NC(=O)c1cccc([N+](=O)[O-])c1C. The highest BCUT2D eigenvalue weighted by Crippen LogP contribution is 2.29. The third-order valence-corrected chi connectivity index (χ3v) is 6.74. The van der Waals surface area contributed by atoms with E-state index in [0.717, 1.165) is 0 Å². The summed E-state index contributed by atoms with van der Waals surface area (Å²) in [7, 11) is -3.72. The lowest BCUT2D eigenvalue weighted by molar-refractivity contribution is -0.385. The Morgan fingerprint density at radius 1 is 1.10 bits per heavy atom. The zero-order chi connectivity index (χ0) is 22.5. The highest BCUT2D eigenvalue weighted by molar-refractivity contribution is 7.89. The number of hydrogen-bond acceptors (Lipinski definition) is 6. The van der Waals surface area contributed by atoms with Gasteiger partial charge in [-0.15, -0.1) is 0 Å². The van der Waals surface area contributed by atoms with Crippen LogP contribution in [0.2, 0.25) is 0 Å². The molecular weight excluding hydrogens is 408 g/mol. The molecule has 0 aliphatic heterocycles. The number of sulfonamides is 1. The van der Waals surface area contributed by atoms with Gasteiger partial charge in [0.05, 0.1) is 21.2 Å². The van der Waals surface area contributed by atoms with Gasteiger partial charge in [-0.1, -0.05) is 19.9 Å². The molecule has 10 heteroatoms. The van der Waals surface area contributed by atoms with Crippen LogP contribution < -0.4 is 10.6 Å². The quantitative estimate of drug-likeness (QED) is 0.459. The van der Waals surface area contributed by atoms with Crippen molar-refractivity contribution in [2.75, 3.05) is 30.3 Å². The Balaban J connectivity index is 2.49. The summed E-state index contributed by atoms with van der Waals surface area (Å²) in [5.41, 5.74) is 1.04. The van der Waals surface area contributed by atoms with E-state index in [1.54, 1.807) is 19.9 Å². The van der Waals surface area contributed by atoms with Crippen molar-refractivity contribution in [1.82, 2.24) is 4.31 Å². The molecule has 162 valence electrons. The zero-order valence-electron chi connectivity index (χ0n) is 17.4. The Hall–Kier alpha value is -2.98. The second-order valence-corrected chi connectivity index (χ2v) is 8.43. The van der Waals surface area contributed by atoms with Crippen LogP contribution in [-0.4, -0.2) is 43.2 Å². The Bertz CT molecular complexity index is 1050. The van der Waals surface area contributed by atoms with Crippen molar-refractivity contribution < 1.29 is 18.1 Å². The average Bonchev–Trinajstić information content (AvgIpc) is 2.69. The van der Waals surface area contributed by atoms with Crippen LogP contribution in [0.3, 0.4) is 0 Å². The standard InChI is InChI=1S/C20H26N4O5S/c1-5-21-17-12-11-15(30(28,29)23(6-2)7-3)13-18(17)22-20(25)16-9-8-10-19(14(16)4)24(26)27/h8-13,21H,5-7H2,1-4H3,(H,22,25). The van der Waals surface area contributed by atoms with Crippen molar-refractivity contribution >= 4 is 33.0 Å². The van der Waals surface area contributed by atoms with Gasteiger partial charge in [-0.25, -0.2) is 8.42 Å². The molecule has 0 heterocycles. The Morgan fingerprint density at radius 2 is 1.77 bits per heavy atom. The Morgan fingerprint density at radius 3 is 2.33 bits per heavy atom. The van der Waals surface area contributed by atoms with Crippen molar-refractivity contribution in [2.45, 2.75) is 32.6 Å². The topological polar surface area (TPSA) is 122 Å². The molecule has 0 saturated heterocycles. The summed E-state index contributed by atoms with van der Waals surface area (Å²) < 4.78 is 27.1. The van der Waals surface area contributed by atoms with E-state index in [0.29, 0.717) is 25.3 Å². The lowest BCUT2D eigenvalue weighted by Crippen LogP contribution is -2.30. The molecule has 0 radical (unpaired) electrons. The molecule has 0 spiro atoms. The lowest BCUT2D eigenvalue weighted by Gasteiger charge is -2.20. The van der Waals surface area contributed by atoms with Crippen molar-refractivity contribution in [3.05, 3.63) is 57.6 Å².